The lowest BCUT2D eigenvalue weighted by Crippen LogP contribution is -2.13. The predicted octanol–water partition coefficient (Wildman–Crippen LogP) is 2.94. The molecular formula is C13H12ClN3O. The Kier molecular flexibility index (Phi) is 3.89. The van der Waals surface area contributed by atoms with Crippen molar-refractivity contribution in [1.82, 2.24) is 10.2 Å². The normalized spacial score (nSPS) is 10.1. The van der Waals surface area contributed by atoms with E-state index in [1.165, 1.54) is 5.56 Å². The number of nitrogens with one attached hydrogen (secondary N) is 1. The lowest BCUT2D eigenvalue weighted by molar-refractivity contribution is 0.102. The van der Waals surface area contributed by atoms with Crippen LogP contribution in [0.2, 0.25) is 5.15 Å². The number of aromatic nitrogens is 2. The Hall–Kier alpha value is -1.94. The van der Waals surface area contributed by atoms with E-state index in [4.69, 9.17) is 11.6 Å². The topological polar surface area (TPSA) is 54.9 Å². The van der Waals surface area contributed by atoms with Crippen molar-refractivity contribution in [2.24, 2.45) is 0 Å². The summed E-state index contributed by atoms with van der Waals surface area (Å²) in [6.45, 7) is 2.07. The van der Waals surface area contributed by atoms with E-state index in [1.807, 2.05) is 12.1 Å². The largest absolute Gasteiger partial charge is 0.305 e. The molecule has 2 rings (SSSR count). The van der Waals surface area contributed by atoms with Gasteiger partial charge in [-0.05, 0) is 36.2 Å². The van der Waals surface area contributed by atoms with Crippen LogP contribution in [0, 0.1) is 0 Å². The Bertz CT molecular complexity index is 537. The van der Waals surface area contributed by atoms with Crippen LogP contribution in [-0.4, -0.2) is 16.1 Å². The molecule has 0 aliphatic rings. The smallest absolute Gasteiger partial charge is 0.256 e. The average molecular weight is 262 g/mol. The summed E-state index contributed by atoms with van der Waals surface area (Å²) in [4.78, 5) is 11.9. The van der Waals surface area contributed by atoms with E-state index in [0.29, 0.717) is 16.5 Å². The van der Waals surface area contributed by atoms with Crippen LogP contribution in [-0.2, 0) is 6.42 Å². The van der Waals surface area contributed by atoms with Gasteiger partial charge >= 0.3 is 0 Å². The minimum Gasteiger partial charge on any atom is -0.305 e. The molecule has 0 spiro atoms. The monoisotopic (exact) mass is 261 g/mol. The first-order valence-corrected chi connectivity index (χ1v) is 5.96. The van der Waals surface area contributed by atoms with Crippen molar-refractivity contribution in [2.75, 3.05) is 5.32 Å². The molecule has 0 saturated heterocycles. The number of carbonyl (C=O) groups excluding carboxylic acids is 1. The predicted molar refractivity (Wildman–Crippen MR) is 70.8 cm³/mol. The quantitative estimate of drug-likeness (QED) is 0.924. The number of rotatable bonds is 3. The molecule has 5 heteroatoms. The minimum absolute atomic E-state index is 0.214. The van der Waals surface area contributed by atoms with E-state index in [2.05, 4.69) is 22.4 Å². The van der Waals surface area contributed by atoms with Gasteiger partial charge in [0, 0.05) is 5.56 Å². The van der Waals surface area contributed by atoms with Gasteiger partial charge in [0.25, 0.3) is 5.91 Å². The fraction of sp³-hybridized carbons (Fsp3) is 0.154. The molecule has 1 N–H and O–H groups in total. The van der Waals surface area contributed by atoms with Crippen LogP contribution in [0.25, 0.3) is 0 Å². The summed E-state index contributed by atoms with van der Waals surface area (Å²) in [7, 11) is 0. The van der Waals surface area contributed by atoms with Gasteiger partial charge in [-0.2, -0.15) is 0 Å². The van der Waals surface area contributed by atoms with E-state index in [-0.39, 0.29) is 5.91 Å². The van der Waals surface area contributed by atoms with Crippen molar-refractivity contribution in [1.29, 1.82) is 0 Å². The van der Waals surface area contributed by atoms with E-state index in [1.54, 1.807) is 24.3 Å². The lowest BCUT2D eigenvalue weighted by atomic mass is 10.1. The lowest BCUT2D eigenvalue weighted by Gasteiger charge is -2.04. The van der Waals surface area contributed by atoms with Crippen LogP contribution in [0.15, 0.2) is 36.4 Å². The first-order chi connectivity index (χ1) is 8.69. The van der Waals surface area contributed by atoms with Crippen LogP contribution in [0.1, 0.15) is 22.8 Å². The molecule has 2 aromatic rings. The molecule has 0 bridgehead atoms. The molecule has 0 aliphatic heterocycles. The SMILES string of the molecule is CCc1ccc(C(=O)Nc2ccc(Cl)nn2)cc1. The van der Waals surface area contributed by atoms with Crippen molar-refractivity contribution in [2.45, 2.75) is 13.3 Å². The zero-order valence-electron chi connectivity index (χ0n) is 9.85. The first-order valence-electron chi connectivity index (χ1n) is 5.58. The van der Waals surface area contributed by atoms with E-state index in [0.717, 1.165) is 6.42 Å². The summed E-state index contributed by atoms with van der Waals surface area (Å²) in [6.07, 6.45) is 0.949. The number of anilines is 1. The Morgan fingerprint density at radius 2 is 1.89 bits per heavy atom. The van der Waals surface area contributed by atoms with Crippen molar-refractivity contribution in [3.05, 3.63) is 52.7 Å². The summed E-state index contributed by atoms with van der Waals surface area (Å²) in [5, 5.41) is 10.4. The van der Waals surface area contributed by atoms with Gasteiger partial charge in [0.15, 0.2) is 11.0 Å². The maximum absolute atomic E-state index is 11.9. The van der Waals surface area contributed by atoms with Gasteiger partial charge in [-0.3, -0.25) is 4.79 Å². The molecule has 1 heterocycles. The van der Waals surface area contributed by atoms with E-state index >= 15 is 0 Å². The molecule has 0 radical (unpaired) electrons. The maximum atomic E-state index is 11.9. The molecule has 1 amide bonds. The third-order valence-corrected chi connectivity index (χ3v) is 2.70. The molecule has 4 nitrogen and oxygen atoms in total. The fourth-order valence-corrected chi connectivity index (χ4v) is 1.56. The molecular weight excluding hydrogens is 250 g/mol. The second-order valence-electron chi connectivity index (χ2n) is 3.75. The van der Waals surface area contributed by atoms with Crippen LogP contribution < -0.4 is 5.32 Å². The van der Waals surface area contributed by atoms with Gasteiger partial charge in [-0.25, -0.2) is 0 Å². The summed E-state index contributed by atoms with van der Waals surface area (Å²) < 4.78 is 0. The Labute approximate surface area is 110 Å². The van der Waals surface area contributed by atoms with Gasteiger partial charge in [0.05, 0.1) is 0 Å². The molecule has 92 valence electrons. The number of carbonyl (C=O) groups is 1. The van der Waals surface area contributed by atoms with Gasteiger partial charge in [0.2, 0.25) is 0 Å². The number of halogens is 1. The fourth-order valence-electron chi connectivity index (χ4n) is 1.46. The van der Waals surface area contributed by atoms with Gasteiger partial charge in [-0.1, -0.05) is 30.7 Å². The van der Waals surface area contributed by atoms with Crippen molar-refractivity contribution >= 4 is 23.3 Å². The summed E-state index contributed by atoms with van der Waals surface area (Å²) >= 11 is 5.61. The zero-order valence-corrected chi connectivity index (χ0v) is 10.6. The zero-order chi connectivity index (χ0) is 13.0. The van der Waals surface area contributed by atoms with E-state index in [9.17, 15) is 4.79 Å². The number of benzene rings is 1. The molecule has 0 fully saturated rings. The second kappa shape index (κ2) is 5.60. The molecule has 1 aromatic carbocycles. The number of aryl methyl sites for hydroxylation is 1. The van der Waals surface area contributed by atoms with Crippen LogP contribution in [0.5, 0.6) is 0 Å². The van der Waals surface area contributed by atoms with Crippen LogP contribution in [0.4, 0.5) is 5.82 Å². The Balaban J connectivity index is 2.09. The van der Waals surface area contributed by atoms with Crippen molar-refractivity contribution < 1.29 is 4.79 Å². The highest BCUT2D eigenvalue weighted by Gasteiger charge is 2.06. The highest BCUT2D eigenvalue weighted by atomic mass is 35.5. The number of hydrogen-bond donors (Lipinski definition) is 1. The van der Waals surface area contributed by atoms with Gasteiger partial charge < -0.3 is 5.32 Å². The maximum Gasteiger partial charge on any atom is 0.256 e. The van der Waals surface area contributed by atoms with Crippen molar-refractivity contribution in [3.8, 4) is 0 Å². The first kappa shape index (κ1) is 12.5. The van der Waals surface area contributed by atoms with Crippen molar-refractivity contribution in [3.63, 3.8) is 0 Å². The third kappa shape index (κ3) is 3.05. The average Bonchev–Trinajstić information content (AvgIpc) is 2.41. The molecule has 0 saturated carbocycles. The molecule has 0 aliphatic carbocycles. The number of amides is 1. The highest BCUT2D eigenvalue weighted by Crippen LogP contribution is 2.09. The Morgan fingerprint density at radius 3 is 2.44 bits per heavy atom. The Morgan fingerprint density at radius 1 is 1.17 bits per heavy atom. The molecule has 18 heavy (non-hydrogen) atoms. The van der Waals surface area contributed by atoms with Gasteiger partial charge in [-0.15, -0.1) is 10.2 Å². The highest BCUT2D eigenvalue weighted by molar-refractivity contribution is 6.29. The second-order valence-corrected chi connectivity index (χ2v) is 4.13. The summed E-state index contributed by atoms with van der Waals surface area (Å²) in [5.74, 6) is 0.165. The molecule has 0 unspecified atom stereocenters. The molecule has 0 atom stereocenters. The van der Waals surface area contributed by atoms with E-state index < -0.39 is 0 Å². The number of hydrogen-bond acceptors (Lipinski definition) is 3. The summed E-state index contributed by atoms with van der Waals surface area (Å²) in [5.41, 5.74) is 1.78. The number of nitrogens with zero attached hydrogens (tertiary/aromatic N) is 2. The molecule has 1 aromatic heterocycles. The minimum atomic E-state index is -0.214. The standard InChI is InChI=1S/C13H12ClN3O/c1-2-9-3-5-10(6-4-9)13(18)15-12-8-7-11(14)16-17-12/h3-8H,2H2,1H3,(H,15,17,18). The van der Waals surface area contributed by atoms with Crippen LogP contribution in [0.3, 0.4) is 0 Å². The van der Waals surface area contributed by atoms with Gasteiger partial charge in [0.1, 0.15) is 0 Å². The van der Waals surface area contributed by atoms with Crippen LogP contribution >= 0.6 is 11.6 Å². The summed E-state index contributed by atoms with van der Waals surface area (Å²) in [6, 6.07) is 10.6. The third-order valence-electron chi connectivity index (χ3n) is 2.50.